The number of anilines is 2. The highest BCUT2D eigenvalue weighted by atomic mass is 35.5. The predicted molar refractivity (Wildman–Crippen MR) is 125 cm³/mol. The van der Waals surface area contributed by atoms with Gasteiger partial charge in [-0.15, -0.1) is 0 Å². The second-order valence-corrected chi connectivity index (χ2v) is 9.95. The van der Waals surface area contributed by atoms with Crippen molar-refractivity contribution in [3.8, 4) is 5.75 Å². The fraction of sp³-hybridized carbons (Fsp3) is 0.409. The first-order valence-electron chi connectivity index (χ1n) is 10.1. The third-order valence-corrected chi connectivity index (χ3v) is 6.95. The Morgan fingerprint density at radius 1 is 1.13 bits per heavy atom. The van der Waals surface area contributed by atoms with Gasteiger partial charge in [-0.05, 0) is 43.7 Å². The second kappa shape index (κ2) is 9.36. The molecule has 1 heterocycles. The van der Waals surface area contributed by atoms with Crippen molar-refractivity contribution in [2.24, 2.45) is 0 Å². The summed E-state index contributed by atoms with van der Waals surface area (Å²) in [7, 11) is -2.07. The zero-order chi connectivity index (χ0) is 22.8. The van der Waals surface area contributed by atoms with E-state index in [9.17, 15) is 13.2 Å². The van der Waals surface area contributed by atoms with Crippen molar-refractivity contribution < 1.29 is 17.9 Å². The minimum atomic E-state index is -3.70. The molecule has 9 heteroatoms. The fourth-order valence-corrected chi connectivity index (χ4v) is 5.30. The maximum atomic E-state index is 13.3. The smallest absolute Gasteiger partial charge is 0.246 e. The average molecular weight is 466 g/mol. The van der Waals surface area contributed by atoms with Crippen molar-refractivity contribution in [2.75, 3.05) is 48.7 Å². The molecular formula is C22H28ClN3O4S. The number of sulfonamides is 1. The Hall–Kier alpha value is -2.45. The highest BCUT2D eigenvalue weighted by Crippen LogP contribution is 2.30. The van der Waals surface area contributed by atoms with Crippen molar-refractivity contribution in [2.45, 2.75) is 19.9 Å². The molecule has 1 atom stereocenters. The lowest BCUT2D eigenvalue weighted by molar-refractivity contribution is -0.132. The summed E-state index contributed by atoms with van der Waals surface area (Å²) in [6.45, 7) is 5.67. The molecule has 2 aromatic rings. The summed E-state index contributed by atoms with van der Waals surface area (Å²) < 4.78 is 31.9. The molecule has 0 saturated carbocycles. The number of para-hydroxylation sites is 2. The lowest BCUT2D eigenvalue weighted by Crippen LogP contribution is -2.55. The van der Waals surface area contributed by atoms with E-state index in [-0.39, 0.29) is 5.91 Å². The maximum Gasteiger partial charge on any atom is 0.246 e. The normalized spacial score (nSPS) is 15.5. The van der Waals surface area contributed by atoms with Gasteiger partial charge in [-0.3, -0.25) is 9.10 Å². The molecule has 0 N–H and O–H groups in total. The fourth-order valence-electron chi connectivity index (χ4n) is 3.92. The van der Waals surface area contributed by atoms with Crippen LogP contribution in [0.15, 0.2) is 42.5 Å². The van der Waals surface area contributed by atoms with Crippen molar-refractivity contribution in [1.82, 2.24) is 4.90 Å². The Kier molecular flexibility index (Phi) is 7.01. The number of aryl methyl sites for hydroxylation is 1. The van der Waals surface area contributed by atoms with Gasteiger partial charge in [-0.25, -0.2) is 8.42 Å². The van der Waals surface area contributed by atoms with Gasteiger partial charge in [0.05, 0.1) is 24.7 Å². The minimum absolute atomic E-state index is 0.232. The van der Waals surface area contributed by atoms with Crippen LogP contribution in [0.1, 0.15) is 12.5 Å². The number of hydrogen-bond donors (Lipinski definition) is 0. The molecule has 0 radical (unpaired) electrons. The number of ether oxygens (including phenoxy) is 1. The second-order valence-electron chi connectivity index (χ2n) is 7.65. The highest BCUT2D eigenvalue weighted by Gasteiger charge is 2.34. The first-order valence-corrected chi connectivity index (χ1v) is 12.3. The van der Waals surface area contributed by atoms with E-state index in [1.165, 1.54) is 4.31 Å². The van der Waals surface area contributed by atoms with E-state index in [4.69, 9.17) is 16.3 Å². The number of carbonyl (C=O) groups excluding carboxylic acids is 1. The molecule has 0 unspecified atom stereocenters. The Morgan fingerprint density at radius 3 is 2.39 bits per heavy atom. The molecule has 0 aliphatic carbocycles. The number of hydrogen-bond acceptors (Lipinski definition) is 5. The number of piperazine rings is 1. The van der Waals surface area contributed by atoms with Gasteiger partial charge in [-0.1, -0.05) is 29.8 Å². The molecular weight excluding hydrogens is 438 g/mol. The number of nitrogens with zero attached hydrogens (tertiary/aromatic N) is 3. The summed E-state index contributed by atoms with van der Waals surface area (Å²) in [5, 5.41) is 0.416. The summed E-state index contributed by atoms with van der Waals surface area (Å²) in [5.41, 5.74) is 2.14. The molecule has 0 spiro atoms. The molecule has 0 bridgehead atoms. The number of carbonyl (C=O) groups is 1. The van der Waals surface area contributed by atoms with E-state index in [0.29, 0.717) is 36.9 Å². The van der Waals surface area contributed by atoms with Gasteiger partial charge in [0.1, 0.15) is 11.8 Å². The molecule has 7 nitrogen and oxygen atoms in total. The number of amides is 1. The Bertz CT molecular complexity index is 1050. The molecule has 1 saturated heterocycles. The largest absolute Gasteiger partial charge is 0.495 e. The van der Waals surface area contributed by atoms with Gasteiger partial charge in [0.25, 0.3) is 0 Å². The van der Waals surface area contributed by atoms with Crippen LogP contribution in [0, 0.1) is 6.92 Å². The van der Waals surface area contributed by atoms with Crippen LogP contribution in [0.2, 0.25) is 5.02 Å². The van der Waals surface area contributed by atoms with Crippen LogP contribution >= 0.6 is 11.6 Å². The first kappa shape index (κ1) is 23.2. The number of benzene rings is 2. The zero-order valence-electron chi connectivity index (χ0n) is 18.2. The Morgan fingerprint density at radius 2 is 1.77 bits per heavy atom. The molecule has 1 aliphatic rings. The number of methoxy groups -OCH3 is 1. The van der Waals surface area contributed by atoms with Crippen LogP contribution in [-0.4, -0.2) is 64.8 Å². The van der Waals surface area contributed by atoms with E-state index >= 15 is 0 Å². The third-order valence-electron chi connectivity index (χ3n) is 5.49. The molecule has 3 rings (SSSR count). The molecule has 2 aromatic carbocycles. The Balaban J connectivity index is 1.78. The number of halogens is 1. The maximum absolute atomic E-state index is 13.3. The monoisotopic (exact) mass is 465 g/mol. The average Bonchev–Trinajstić information content (AvgIpc) is 2.75. The summed E-state index contributed by atoms with van der Waals surface area (Å²) >= 11 is 6.11. The van der Waals surface area contributed by atoms with Gasteiger partial charge >= 0.3 is 0 Å². The van der Waals surface area contributed by atoms with Crippen molar-refractivity contribution in [3.05, 3.63) is 53.1 Å². The summed E-state index contributed by atoms with van der Waals surface area (Å²) in [6, 6.07) is 11.9. The minimum Gasteiger partial charge on any atom is -0.495 e. The van der Waals surface area contributed by atoms with Crippen LogP contribution < -0.4 is 13.9 Å². The topological polar surface area (TPSA) is 70.2 Å². The lowest BCUT2D eigenvalue weighted by Gasteiger charge is -2.39. The summed E-state index contributed by atoms with van der Waals surface area (Å²) in [4.78, 5) is 17.2. The van der Waals surface area contributed by atoms with E-state index in [1.54, 1.807) is 44.1 Å². The first-order chi connectivity index (χ1) is 14.6. The molecule has 1 amide bonds. The van der Waals surface area contributed by atoms with E-state index < -0.39 is 16.1 Å². The van der Waals surface area contributed by atoms with E-state index in [0.717, 1.165) is 23.3 Å². The molecule has 0 aromatic heterocycles. The van der Waals surface area contributed by atoms with Gasteiger partial charge < -0.3 is 14.5 Å². The third kappa shape index (κ3) is 5.07. The van der Waals surface area contributed by atoms with Crippen molar-refractivity contribution >= 4 is 38.9 Å². The van der Waals surface area contributed by atoms with E-state index in [1.807, 2.05) is 24.3 Å². The predicted octanol–water partition coefficient (Wildman–Crippen LogP) is 3.16. The number of rotatable bonds is 6. The van der Waals surface area contributed by atoms with Crippen LogP contribution in [0.5, 0.6) is 5.75 Å². The zero-order valence-corrected chi connectivity index (χ0v) is 19.8. The van der Waals surface area contributed by atoms with Crippen LogP contribution in [0.25, 0.3) is 0 Å². The summed E-state index contributed by atoms with van der Waals surface area (Å²) in [5.74, 6) is 0.555. The van der Waals surface area contributed by atoms with Crippen molar-refractivity contribution in [3.63, 3.8) is 0 Å². The van der Waals surface area contributed by atoms with Crippen LogP contribution in [0.4, 0.5) is 11.4 Å². The highest BCUT2D eigenvalue weighted by molar-refractivity contribution is 7.92. The van der Waals surface area contributed by atoms with Gasteiger partial charge in [0.15, 0.2) is 0 Å². The molecule has 1 aliphatic heterocycles. The van der Waals surface area contributed by atoms with Gasteiger partial charge in [0, 0.05) is 31.2 Å². The molecule has 31 heavy (non-hydrogen) atoms. The van der Waals surface area contributed by atoms with Crippen LogP contribution in [-0.2, 0) is 14.8 Å². The van der Waals surface area contributed by atoms with Crippen LogP contribution in [0.3, 0.4) is 0 Å². The van der Waals surface area contributed by atoms with Gasteiger partial charge in [-0.2, -0.15) is 0 Å². The SMILES string of the molecule is COc1ccccc1N1CCN(C(=O)[C@@H](C)N(c2cc(Cl)ccc2C)S(C)(=O)=O)CC1. The quantitative estimate of drug-likeness (QED) is 0.655. The van der Waals surface area contributed by atoms with Gasteiger partial charge in [0.2, 0.25) is 15.9 Å². The standard InChI is InChI=1S/C22H28ClN3O4S/c1-16-9-10-18(23)15-20(16)26(31(4,28)29)17(2)22(27)25-13-11-24(12-14-25)19-7-5-6-8-21(19)30-3/h5-10,15,17H,11-14H2,1-4H3/t17-/m1/s1. The van der Waals surface area contributed by atoms with E-state index in [2.05, 4.69) is 4.90 Å². The summed E-state index contributed by atoms with van der Waals surface area (Å²) in [6.07, 6.45) is 1.11. The van der Waals surface area contributed by atoms with Crippen molar-refractivity contribution in [1.29, 1.82) is 0 Å². The lowest BCUT2D eigenvalue weighted by atomic mass is 10.1. The molecule has 168 valence electrons. The molecule has 1 fully saturated rings. The Labute approximate surface area is 189 Å².